The van der Waals surface area contributed by atoms with E-state index in [-0.39, 0.29) is 5.95 Å². The first-order valence-electron chi connectivity index (χ1n) is 4.70. The summed E-state index contributed by atoms with van der Waals surface area (Å²) in [5.41, 5.74) is 7.73. The van der Waals surface area contributed by atoms with Crippen LogP contribution >= 0.6 is 23.1 Å². The highest BCUT2D eigenvalue weighted by molar-refractivity contribution is 7.99. The summed E-state index contributed by atoms with van der Waals surface area (Å²) in [6.07, 6.45) is 0. The van der Waals surface area contributed by atoms with E-state index >= 15 is 0 Å². The molecule has 0 spiro atoms. The Balaban J connectivity index is 2.28. The number of thioether (sulfide) groups is 1. The Hall–Kier alpha value is -1.27. The number of anilines is 1. The zero-order chi connectivity index (χ0) is 11.1. The summed E-state index contributed by atoms with van der Waals surface area (Å²) in [6, 6.07) is 2.07. The van der Waals surface area contributed by atoms with Crippen LogP contribution in [0.2, 0.25) is 0 Å². The summed E-state index contributed by atoms with van der Waals surface area (Å²) in [6.45, 7) is 0. The second-order valence-corrected chi connectivity index (χ2v) is 5.30. The first-order valence-corrected chi connectivity index (χ1v) is 6.57. The van der Waals surface area contributed by atoms with E-state index in [9.17, 15) is 0 Å². The molecular formula is C10H9N3OS2. The molecule has 3 heterocycles. The third kappa shape index (κ3) is 1.37. The van der Waals surface area contributed by atoms with Crippen molar-refractivity contribution in [3.05, 3.63) is 16.3 Å². The van der Waals surface area contributed by atoms with Crippen LogP contribution in [0.25, 0.3) is 11.3 Å². The smallest absolute Gasteiger partial charge is 0.232 e. The van der Waals surface area contributed by atoms with E-state index in [1.54, 1.807) is 30.2 Å². The van der Waals surface area contributed by atoms with Crippen molar-refractivity contribution in [2.45, 2.75) is 10.6 Å². The molecule has 0 bridgehead atoms. The van der Waals surface area contributed by atoms with Crippen molar-refractivity contribution in [1.82, 2.24) is 9.97 Å². The average Bonchev–Trinajstić information content (AvgIpc) is 2.76. The first-order chi connectivity index (χ1) is 7.79. The van der Waals surface area contributed by atoms with Crippen LogP contribution in [0.4, 0.5) is 5.95 Å². The molecule has 0 aliphatic carbocycles. The lowest BCUT2D eigenvalue weighted by Gasteiger charge is -2.16. The van der Waals surface area contributed by atoms with E-state index in [2.05, 4.69) is 21.4 Å². The molecule has 0 saturated carbocycles. The number of methoxy groups -OCH3 is 1. The maximum absolute atomic E-state index is 5.68. The van der Waals surface area contributed by atoms with Gasteiger partial charge in [0.2, 0.25) is 11.8 Å². The van der Waals surface area contributed by atoms with Crippen molar-refractivity contribution in [3.63, 3.8) is 0 Å². The molecule has 2 aromatic heterocycles. The van der Waals surface area contributed by atoms with Gasteiger partial charge in [0, 0.05) is 16.2 Å². The van der Waals surface area contributed by atoms with Crippen LogP contribution < -0.4 is 10.5 Å². The minimum atomic E-state index is 0.259. The van der Waals surface area contributed by atoms with Gasteiger partial charge in [0.25, 0.3) is 0 Å². The number of aromatic nitrogens is 2. The number of nitrogens with two attached hydrogens (primary N) is 1. The summed E-state index contributed by atoms with van der Waals surface area (Å²) >= 11 is 3.45. The van der Waals surface area contributed by atoms with Gasteiger partial charge in [-0.3, -0.25) is 0 Å². The molecule has 1 aliphatic heterocycles. The highest BCUT2D eigenvalue weighted by Gasteiger charge is 2.23. The van der Waals surface area contributed by atoms with Crippen molar-refractivity contribution in [3.8, 4) is 17.1 Å². The highest BCUT2D eigenvalue weighted by Crippen LogP contribution is 2.46. The quantitative estimate of drug-likeness (QED) is 0.843. The SMILES string of the molecule is COc1nc(N)nc2c1SCc1sccc1-2. The van der Waals surface area contributed by atoms with Crippen molar-refractivity contribution >= 4 is 29.0 Å². The molecule has 0 saturated heterocycles. The summed E-state index contributed by atoms with van der Waals surface area (Å²) in [4.78, 5) is 10.7. The van der Waals surface area contributed by atoms with E-state index in [4.69, 9.17) is 10.5 Å². The third-order valence-corrected chi connectivity index (χ3v) is 4.59. The van der Waals surface area contributed by atoms with E-state index in [0.717, 1.165) is 21.9 Å². The van der Waals surface area contributed by atoms with Crippen molar-refractivity contribution in [2.24, 2.45) is 0 Å². The molecule has 3 rings (SSSR count). The van der Waals surface area contributed by atoms with Gasteiger partial charge in [-0.2, -0.15) is 4.98 Å². The van der Waals surface area contributed by atoms with Gasteiger partial charge in [0.15, 0.2) is 0 Å². The fourth-order valence-electron chi connectivity index (χ4n) is 1.70. The number of hydrogen-bond donors (Lipinski definition) is 1. The summed E-state index contributed by atoms with van der Waals surface area (Å²) in [5.74, 6) is 1.78. The molecule has 2 N–H and O–H groups in total. The molecule has 0 amide bonds. The van der Waals surface area contributed by atoms with Gasteiger partial charge >= 0.3 is 0 Å². The number of rotatable bonds is 1. The van der Waals surface area contributed by atoms with Crippen LogP contribution in [0.5, 0.6) is 5.88 Å². The summed E-state index contributed by atoms with van der Waals surface area (Å²) < 4.78 is 5.24. The summed E-state index contributed by atoms with van der Waals surface area (Å²) in [7, 11) is 1.60. The average molecular weight is 251 g/mol. The number of ether oxygens (including phenoxy) is 1. The minimum Gasteiger partial charge on any atom is -0.480 e. The molecule has 0 unspecified atom stereocenters. The van der Waals surface area contributed by atoms with Crippen LogP contribution in [0.3, 0.4) is 0 Å². The van der Waals surface area contributed by atoms with E-state index in [0.29, 0.717) is 5.88 Å². The number of hydrogen-bond acceptors (Lipinski definition) is 6. The van der Waals surface area contributed by atoms with Crippen molar-refractivity contribution < 1.29 is 4.74 Å². The highest BCUT2D eigenvalue weighted by atomic mass is 32.2. The Kier molecular flexibility index (Phi) is 2.26. The molecule has 0 radical (unpaired) electrons. The molecular weight excluding hydrogens is 242 g/mol. The van der Waals surface area contributed by atoms with Crippen LogP contribution in [0, 0.1) is 0 Å². The maximum Gasteiger partial charge on any atom is 0.232 e. The largest absolute Gasteiger partial charge is 0.480 e. The molecule has 82 valence electrons. The van der Waals surface area contributed by atoms with Crippen molar-refractivity contribution in [2.75, 3.05) is 12.8 Å². The Morgan fingerprint density at radius 2 is 2.31 bits per heavy atom. The zero-order valence-corrected chi connectivity index (χ0v) is 10.2. The molecule has 1 aliphatic rings. The molecule has 0 aromatic carbocycles. The second kappa shape index (κ2) is 3.64. The van der Waals surface area contributed by atoms with Crippen LogP contribution in [0.1, 0.15) is 4.88 Å². The van der Waals surface area contributed by atoms with Gasteiger partial charge in [-0.1, -0.05) is 0 Å². The lowest BCUT2D eigenvalue weighted by Crippen LogP contribution is -2.04. The molecule has 0 fully saturated rings. The Morgan fingerprint density at radius 1 is 1.44 bits per heavy atom. The van der Waals surface area contributed by atoms with E-state index in [1.165, 1.54) is 4.88 Å². The Labute approximate surface area is 101 Å². The topological polar surface area (TPSA) is 61.0 Å². The van der Waals surface area contributed by atoms with Gasteiger partial charge < -0.3 is 10.5 Å². The molecule has 4 nitrogen and oxygen atoms in total. The molecule has 16 heavy (non-hydrogen) atoms. The fourth-order valence-corrected chi connectivity index (χ4v) is 3.78. The first kappa shape index (κ1) is 9.92. The standard InChI is InChI=1S/C10H9N3OS2/c1-14-9-8-7(12-10(11)13-9)5-2-3-15-6(5)4-16-8/h2-3H,4H2,1H3,(H2,11,12,13). The van der Waals surface area contributed by atoms with Gasteiger partial charge in [0.05, 0.1) is 17.7 Å². The lowest BCUT2D eigenvalue weighted by molar-refractivity contribution is 0.387. The number of nitrogen functional groups attached to an aromatic ring is 1. The predicted molar refractivity (Wildman–Crippen MR) is 65.9 cm³/mol. The van der Waals surface area contributed by atoms with Gasteiger partial charge in [-0.25, -0.2) is 4.98 Å². The predicted octanol–water partition coefficient (Wildman–Crippen LogP) is 2.40. The Morgan fingerprint density at radius 3 is 3.12 bits per heavy atom. The number of nitrogens with zero attached hydrogens (tertiary/aromatic N) is 2. The van der Waals surface area contributed by atoms with E-state index in [1.807, 2.05) is 0 Å². The minimum absolute atomic E-state index is 0.259. The van der Waals surface area contributed by atoms with Crippen LogP contribution in [0.15, 0.2) is 16.3 Å². The molecule has 2 aromatic rings. The van der Waals surface area contributed by atoms with Gasteiger partial charge in [-0.05, 0) is 11.4 Å². The van der Waals surface area contributed by atoms with Crippen LogP contribution in [-0.4, -0.2) is 17.1 Å². The fraction of sp³-hybridized carbons (Fsp3) is 0.200. The normalized spacial score (nSPS) is 13.1. The molecule has 0 atom stereocenters. The summed E-state index contributed by atoms with van der Waals surface area (Å²) in [5, 5.41) is 2.07. The zero-order valence-electron chi connectivity index (χ0n) is 8.56. The third-order valence-electron chi connectivity index (χ3n) is 2.39. The molecule has 6 heteroatoms. The maximum atomic E-state index is 5.68. The lowest BCUT2D eigenvalue weighted by atomic mass is 10.2. The van der Waals surface area contributed by atoms with Gasteiger partial charge in [-0.15, -0.1) is 23.1 Å². The Bertz CT molecular complexity index is 553. The van der Waals surface area contributed by atoms with Crippen LogP contribution in [-0.2, 0) is 5.75 Å². The van der Waals surface area contributed by atoms with Gasteiger partial charge in [0.1, 0.15) is 0 Å². The second-order valence-electron chi connectivity index (χ2n) is 3.31. The van der Waals surface area contributed by atoms with Crippen molar-refractivity contribution in [1.29, 1.82) is 0 Å². The monoisotopic (exact) mass is 251 g/mol. The van der Waals surface area contributed by atoms with E-state index < -0.39 is 0 Å². The number of fused-ring (bicyclic) bond motifs is 3. The number of thiophene rings is 1.